The van der Waals surface area contributed by atoms with Crippen LogP contribution in [0.1, 0.15) is 5.56 Å². The molecule has 0 aliphatic heterocycles. The van der Waals surface area contributed by atoms with E-state index in [1.165, 1.54) is 18.2 Å². The van der Waals surface area contributed by atoms with Crippen LogP contribution >= 0.6 is 0 Å². The fourth-order valence-electron chi connectivity index (χ4n) is 0.970. The third-order valence-electron chi connectivity index (χ3n) is 1.68. The van der Waals surface area contributed by atoms with Gasteiger partial charge in [0.2, 0.25) is 10.0 Å². The molecule has 0 aliphatic carbocycles. The van der Waals surface area contributed by atoms with E-state index in [9.17, 15) is 18.3 Å². The Morgan fingerprint density at radius 2 is 2.19 bits per heavy atom. The number of benzene rings is 1. The fraction of sp³-hybridized carbons (Fsp3) is 0.111. The molecule has 0 unspecified atom stereocenters. The highest BCUT2D eigenvalue weighted by atomic mass is 32.2. The van der Waals surface area contributed by atoms with E-state index >= 15 is 0 Å². The normalized spacial score (nSPS) is 10.7. The third-order valence-corrected chi connectivity index (χ3v) is 3.08. The van der Waals surface area contributed by atoms with Crippen LogP contribution in [0.5, 0.6) is 0 Å². The predicted molar refractivity (Wildman–Crippen MR) is 51.4 cm³/mol. The summed E-state index contributed by atoms with van der Waals surface area (Å²) in [6.45, 7) is -0.806. The van der Waals surface area contributed by atoms with Crippen LogP contribution in [-0.2, 0) is 14.8 Å². The van der Waals surface area contributed by atoms with E-state index in [0.717, 1.165) is 6.07 Å². The number of sulfonamides is 1. The molecule has 0 heterocycles. The molecule has 0 saturated carbocycles. The summed E-state index contributed by atoms with van der Waals surface area (Å²) in [6, 6.07) is 7.03. The van der Waals surface area contributed by atoms with Gasteiger partial charge in [-0.3, -0.25) is 0 Å². The van der Waals surface area contributed by atoms with Crippen molar-refractivity contribution >= 4 is 16.0 Å². The number of nitrogens with one attached hydrogen (secondary N) is 1. The maximum Gasteiger partial charge on any atom is 0.240 e. The summed E-state index contributed by atoms with van der Waals surface area (Å²) >= 11 is 0. The molecule has 0 saturated heterocycles. The lowest BCUT2D eigenvalue weighted by Gasteiger charge is -2.06. The molecule has 84 valence electrons. The number of hydrogen-bond donors (Lipinski definition) is 1. The molecule has 1 aromatic carbocycles. The highest BCUT2D eigenvalue weighted by molar-refractivity contribution is 7.89. The zero-order valence-corrected chi connectivity index (χ0v) is 8.82. The molecule has 6 nitrogen and oxygen atoms in total. The van der Waals surface area contributed by atoms with Gasteiger partial charge in [-0.15, -0.1) is 0 Å². The van der Waals surface area contributed by atoms with Gasteiger partial charge in [0, 0.05) is 0 Å². The van der Waals surface area contributed by atoms with E-state index in [1.807, 2.05) is 4.72 Å². The summed E-state index contributed by atoms with van der Waals surface area (Å²) in [5.74, 6) is -1.53. The minimum atomic E-state index is -3.91. The fourth-order valence-corrected chi connectivity index (χ4v) is 1.98. The monoisotopic (exact) mass is 239 g/mol. The van der Waals surface area contributed by atoms with Crippen LogP contribution in [0.25, 0.3) is 0 Å². The Morgan fingerprint density at radius 3 is 2.75 bits per heavy atom. The van der Waals surface area contributed by atoms with Crippen molar-refractivity contribution < 1.29 is 18.3 Å². The van der Waals surface area contributed by atoms with Crippen molar-refractivity contribution in [1.82, 2.24) is 4.72 Å². The SMILES string of the molecule is N#Cc1cccc(S(=O)(=O)NCC(=O)[O-])c1. The summed E-state index contributed by atoms with van der Waals surface area (Å²) in [5, 5.41) is 18.7. The van der Waals surface area contributed by atoms with E-state index in [2.05, 4.69) is 0 Å². The summed E-state index contributed by atoms with van der Waals surface area (Å²) in [7, 11) is -3.91. The second-order valence-electron chi connectivity index (χ2n) is 2.84. The molecule has 0 fully saturated rings. The van der Waals surface area contributed by atoms with E-state index in [1.54, 1.807) is 6.07 Å². The molecule has 1 N–H and O–H groups in total. The highest BCUT2D eigenvalue weighted by Gasteiger charge is 2.13. The highest BCUT2D eigenvalue weighted by Crippen LogP contribution is 2.10. The van der Waals surface area contributed by atoms with Crippen LogP contribution in [0.15, 0.2) is 29.2 Å². The van der Waals surface area contributed by atoms with Gasteiger partial charge in [-0.1, -0.05) is 6.07 Å². The number of nitriles is 1. The maximum absolute atomic E-state index is 11.5. The Bertz CT molecular complexity index is 545. The second kappa shape index (κ2) is 4.74. The Balaban J connectivity index is 2.99. The molecule has 0 atom stereocenters. The van der Waals surface area contributed by atoms with Gasteiger partial charge < -0.3 is 9.90 Å². The molecule has 0 radical (unpaired) electrons. The minimum absolute atomic E-state index is 0.159. The zero-order valence-electron chi connectivity index (χ0n) is 8.00. The van der Waals surface area contributed by atoms with Crippen LogP contribution in [0.4, 0.5) is 0 Å². The summed E-state index contributed by atoms with van der Waals surface area (Å²) in [4.78, 5) is 9.95. The average Bonchev–Trinajstić information content (AvgIpc) is 2.27. The van der Waals surface area contributed by atoms with Gasteiger partial charge in [0.25, 0.3) is 0 Å². The number of rotatable bonds is 4. The molecule has 7 heteroatoms. The largest absolute Gasteiger partial charge is 0.549 e. The number of carboxylic acids is 1. The van der Waals surface area contributed by atoms with Gasteiger partial charge in [-0.25, -0.2) is 13.1 Å². The van der Waals surface area contributed by atoms with E-state index < -0.39 is 22.5 Å². The second-order valence-corrected chi connectivity index (χ2v) is 4.60. The van der Waals surface area contributed by atoms with Crippen LogP contribution < -0.4 is 9.83 Å². The predicted octanol–water partition coefficient (Wildman–Crippen LogP) is -1.41. The lowest BCUT2D eigenvalue weighted by atomic mass is 10.2. The molecule has 1 aromatic rings. The van der Waals surface area contributed by atoms with Crippen molar-refractivity contribution in [2.24, 2.45) is 0 Å². The van der Waals surface area contributed by atoms with Crippen LogP contribution in [-0.4, -0.2) is 20.9 Å². The van der Waals surface area contributed by atoms with Gasteiger partial charge in [-0.05, 0) is 18.2 Å². The number of carbonyl (C=O) groups excluding carboxylic acids is 1. The van der Waals surface area contributed by atoms with E-state index in [0.29, 0.717) is 0 Å². The first-order valence-corrected chi connectivity index (χ1v) is 5.64. The van der Waals surface area contributed by atoms with Crippen molar-refractivity contribution in [1.29, 1.82) is 5.26 Å². The van der Waals surface area contributed by atoms with Crippen molar-refractivity contribution in [2.75, 3.05) is 6.54 Å². The molecule has 0 amide bonds. The smallest absolute Gasteiger partial charge is 0.240 e. The first-order valence-electron chi connectivity index (χ1n) is 4.15. The zero-order chi connectivity index (χ0) is 12.2. The topological polar surface area (TPSA) is 110 Å². The lowest BCUT2D eigenvalue weighted by molar-refractivity contribution is -0.303. The van der Waals surface area contributed by atoms with Crippen molar-refractivity contribution in [3.8, 4) is 6.07 Å². The molecule has 0 spiro atoms. The standard InChI is InChI=1S/C9H8N2O4S/c10-5-7-2-1-3-8(4-7)16(14,15)11-6-9(12)13/h1-4,11H,6H2,(H,12,13)/p-1. The van der Waals surface area contributed by atoms with Gasteiger partial charge in [0.05, 0.1) is 29.0 Å². The Hall–Kier alpha value is -1.91. The number of aliphatic carboxylic acids is 1. The van der Waals surface area contributed by atoms with Gasteiger partial charge in [-0.2, -0.15) is 5.26 Å². The number of carboxylic acid groups (broad SMARTS) is 1. The maximum atomic E-state index is 11.5. The van der Waals surface area contributed by atoms with Gasteiger partial charge in [0.15, 0.2) is 0 Å². The van der Waals surface area contributed by atoms with Crippen molar-refractivity contribution in [3.63, 3.8) is 0 Å². The van der Waals surface area contributed by atoms with Crippen LogP contribution in [0, 0.1) is 11.3 Å². The molecular weight excluding hydrogens is 232 g/mol. The van der Waals surface area contributed by atoms with E-state index in [-0.39, 0.29) is 10.5 Å². The molecule has 0 aromatic heterocycles. The molecular formula is C9H7N2O4S-. The summed E-state index contributed by atoms with van der Waals surface area (Å²) in [5.41, 5.74) is 0.177. The summed E-state index contributed by atoms with van der Waals surface area (Å²) in [6.07, 6.45) is 0. The average molecular weight is 239 g/mol. The molecule has 16 heavy (non-hydrogen) atoms. The van der Waals surface area contributed by atoms with Crippen LogP contribution in [0.2, 0.25) is 0 Å². The Morgan fingerprint density at radius 1 is 1.50 bits per heavy atom. The Labute approximate surface area is 92.2 Å². The number of carbonyl (C=O) groups is 1. The minimum Gasteiger partial charge on any atom is -0.549 e. The molecule has 0 bridgehead atoms. The quantitative estimate of drug-likeness (QED) is 0.693. The van der Waals surface area contributed by atoms with Crippen LogP contribution in [0.3, 0.4) is 0 Å². The lowest BCUT2D eigenvalue weighted by Crippen LogP contribution is -2.37. The first-order chi connectivity index (χ1) is 7.45. The molecule has 0 aliphatic rings. The van der Waals surface area contributed by atoms with E-state index in [4.69, 9.17) is 5.26 Å². The van der Waals surface area contributed by atoms with Gasteiger partial charge in [0.1, 0.15) is 0 Å². The Kier molecular flexibility index (Phi) is 3.60. The van der Waals surface area contributed by atoms with Crippen molar-refractivity contribution in [3.05, 3.63) is 29.8 Å². The van der Waals surface area contributed by atoms with Gasteiger partial charge >= 0.3 is 0 Å². The summed E-state index contributed by atoms with van der Waals surface area (Å²) < 4.78 is 24.8. The third kappa shape index (κ3) is 3.05. The number of nitrogens with zero attached hydrogens (tertiary/aromatic N) is 1. The molecule has 1 rings (SSSR count). The first kappa shape index (κ1) is 12.2. The van der Waals surface area contributed by atoms with Crippen molar-refractivity contribution in [2.45, 2.75) is 4.90 Å². The number of hydrogen-bond acceptors (Lipinski definition) is 5.